The van der Waals surface area contributed by atoms with E-state index in [9.17, 15) is 4.79 Å². The molecule has 17 heavy (non-hydrogen) atoms. The van der Waals surface area contributed by atoms with Gasteiger partial charge in [0.2, 0.25) is 0 Å². The van der Waals surface area contributed by atoms with Gasteiger partial charge in [-0.3, -0.25) is 4.79 Å². The molecule has 1 amide bonds. The largest absolute Gasteiger partial charge is 0.398 e. The van der Waals surface area contributed by atoms with Crippen molar-refractivity contribution in [1.29, 1.82) is 0 Å². The first-order valence-electron chi connectivity index (χ1n) is 5.17. The van der Waals surface area contributed by atoms with Gasteiger partial charge in [0.1, 0.15) is 5.76 Å². The second-order valence-corrected chi connectivity index (χ2v) is 3.80. The molecule has 3 N–H and O–H groups in total. The number of aromatic nitrogens is 1. The number of rotatable bonds is 2. The van der Waals surface area contributed by atoms with Gasteiger partial charge in [-0.05, 0) is 31.5 Å². The van der Waals surface area contributed by atoms with E-state index in [-0.39, 0.29) is 11.6 Å². The summed E-state index contributed by atoms with van der Waals surface area (Å²) >= 11 is 0. The third-order valence-corrected chi connectivity index (χ3v) is 2.48. The summed E-state index contributed by atoms with van der Waals surface area (Å²) in [6, 6.07) is 6.94. The predicted molar refractivity (Wildman–Crippen MR) is 64.8 cm³/mol. The molecule has 0 aliphatic carbocycles. The Bertz CT molecular complexity index is 561. The van der Waals surface area contributed by atoms with Crippen molar-refractivity contribution in [3.63, 3.8) is 0 Å². The van der Waals surface area contributed by atoms with Crippen LogP contribution in [0.2, 0.25) is 0 Å². The quantitative estimate of drug-likeness (QED) is 0.776. The summed E-state index contributed by atoms with van der Waals surface area (Å²) in [4.78, 5) is 11.8. The van der Waals surface area contributed by atoms with Gasteiger partial charge in [-0.2, -0.15) is 0 Å². The molecule has 0 unspecified atom stereocenters. The standard InChI is InChI=1S/C12H13N3O2/c1-7-6-11(15-17-7)12(16)14-10-5-3-4-9(13)8(10)2/h3-6H,13H2,1-2H3,(H,14,16). The van der Waals surface area contributed by atoms with E-state index in [2.05, 4.69) is 10.5 Å². The summed E-state index contributed by atoms with van der Waals surface area (Å²) in [5.41, 5.74) is 8.16. The Morgan fingerprint density at radius 1 is 1.41 bits per heavy atom. The van der Waals surface area contributed by atoms with Crippen molar-refractivity contribution in [2.24, 2.45) is 0 Å². The number of carbonyl (C=O) groups is 1. The van der Waals surface area contributed by atoms with Gasteiger partial charge in [0.15, 0.2) is 5.69 Å². The Hall–Kier alpha value is -2.30. The average molecular weight is 231 g/mol. The van der Waals surface area contributed by atoms with E-state index in [4.69, 9.17) is 10.3 Å². The monoisotopic (exact) mass is 231 g/mol. The van der Waals surface area contributed by atoms with Crippen LogP contribution in [0.1, 0.15) is 21.8 Å². The molecule has 0 bridgehead atoms. The van der Waals surface area contributed by atoms with Crippen molar-refractivity contribution < 1.29 is 9.32 Å². The molecule has 0 aliphatic rings. The number of hydrogen-bond acceptors (Lipinski definition) is 4. The molecule has 5 nitrogen and oxygen atoms in total. The van der Waals surface area contributed by atoms with Crippen molar-refractivity contribution >= 4 is 17.3 Å². The molecule has 0 saturated heterocycles. The van der Waals surface area contributed by atoms with Crippen LogP contribution in [-0.4, -0.2) is 11.1 Å². The summed E-state index contributed by atoms with van der Waals surface area (Å²) in [6.07, 6.45) is 0. The van der Waals surface area contributed by atoms with Crippen LogP contribution >= 0.6 is 0 Å². The Morgan fingerprint density at radius 2 is 2.18 bits per heavy atom. The highest BCUT2D eigenvalue weighted by molar-refractivity contribution is 6.03. The van der Waals surface area contributed by atoms with Crippen molar-refractivity contribution in [3.05, 3.63) is 41.3 Å². The van der Waals surface area contributed by atoms with E-state index in [0.29, 0.717) is 17.1 Å². The van der Waals surface area contributed by atoms with E-state index in [0.717, 1.165) is 5.56 Å². The maximum atomic E-state index is 11.8. The second kappa shape index (κ2) is 4.29. The maximum absolute atomic E-state index is 11.8. The Balaban J connectivity index is 2.21. The second-order valence-electron chi connectivity index (χ2n) is 3.80. The van der Waals surface area contributed by atoms with E-state index in [1.54, 1.807) is 31.2 Å². The molecule has 0 aliphatic heterocycles. The molecule has 0 radical (unpaired) electrons. The molecule has 1 heterocycles. The molecular formula is C12H13N3O2. The zero-order valence-corrected chi connectivity index (χ0v) is 9.65. The minimum absolute atomic E-state index is 0.254. The first-order chi connectivity index (χ1) is 8.08. The first-order valence-corrected chi connectivity index (χ1v) is 5.17. The van der Waals surface area contributed by atoms with Crippen LogP contribution in [0.4, 0.5) is 11.4 Å². The van der Waals surface area contributed by atoms with E-state index < -0.39 is 0 Å². The summed E-state index contributed by atoms with van der Waals surface area (Å²) in [5, 5.41) is 6.38. The number of carbonyl (C=O) groups excluding carboxylic acids is 1. The molecule has 2 rings (SSSR count). The van der Waals surface area contributed by atoms with Gasteiger partial charge in [-0.1, -0.05) is 11.2 Å². The summed E-state index contributed by atoms with van der Waals surface area (Å²) in [7, 11) is 0. The lowest BCUT2D eigenvalue weighted by atomic mass is 10.1. The van der Waals surface area contributed by atoms with Crippen LogP contribution in [-0.2, 0) is 0 Å². The minimum atomic E-state index is -0.310. The lowest BCUT2D eigenvalue weighted by Gasteiger charge is -2.08. The van der Waals surface area contributed by atoms with Crippen LogP contribution in [0.3, 0.4) is 0 Å². The lowest BCUT2D eigenvalue weighted by molar-refractivity contribution is 0.101. The number of nitrogens with one attached hydrogen (secondary N) is 1. The predicted octanol–water partition coefficient (Wildman–Crippen LogP) is 2.13. The first kappa shape index (κ1) is 11.2. The highest BCUT2D eigenvalue weighted by atomic mass is 16.5. The van der Waals surface area contributed by atoms with Gasteiger partial charge in [0.25, 0.3) is 5.91 Å². The van der Waals surface area contributed by atoms with E-state index in [1.807, 2.05) is 6.92 Å². The SMILES string of the molecule is Cc1cc(C(=O)Nc2cccc(N)c2C)no1. The number of benzene rings is 1. The van der Waals surface area contributed by atoms with Gasteiger partial charge in [-0.25, -0.2) is 0 Å². The third kappa shape index (κ3) is 2.28. The van der Waals surface area contributed by atoms with Gasteiger partial charge in [0, 0.05) is 17.4 Å². The fourth-order valence-corrected chi connectivity index (χ4v) is 1.45. The van der Waals surface area contributed by atoms with Crippen molar-refractivity contribution in [1.82, 2.24) is 5.16 Å². The lowest BCUT2D eigenvalue weighted by Crippen LogP contribution is -2.13. The zero-order chi connectivity index (χ0) is 12.4. The maximum Gasteiger partial charge on any atom is 0.277 e. The van der Waals surface area contributed by atoms with E-state index in [1.165, 1.54) is 0 Å². The third-order valence-electron chi connectivity index (χ3n) is 2.48. The summed E-state index contributed by atoms with van der Waals surface area (Å²) in [6.45, 7) is 3.58. The highest BCUT2D eigenvalue weighted by Crippen LogP contribution is 2.21. The van der Waals surface area contributed by atoms with Gasteiger partial charge < -0.3 is 15.6 Å². The average Bonchev–Trinajstić information content (AvgIpc) is 2.72. The molecule has 0 atom stereocenters. The van der Waals surface area contributed by atoms with Crippen LogP contribution < -0.4 is 11.1 Å². The normalized spacial score (nSPS) is 10.2. The fourth-order valence-electron chi connectivity index (χ4n) is 1.45. The fraction of sp³-hybridized carbons (Fsp3) is 0.167. The number of nitrogen functional groups attached to an aromatic ring is 1. The molecule has 2 aromatic rings. The number of nitrogens with zero attached hydrogens (tertiary/aromatic N) is 1. The molecule has 88 valence electrons. The van der Waals surface area contributed by atoms with Crippen LogP contribution in [0.15, 0.2) is 28.8 Å². The summed E-state index contributed by atoms with van der Waals surface area (Å²) < 4.78 is 4.84. The van der Waals surface area contributed by atoms with Crippen LogP contribution in [0.25, 0.3) is 0 Å². The molecule has 0 fully saturated rings. The van der Waals surface area contributed by atoms with Gasteiger partial charge >= 0.3 is 0 Å². The zero-order valence-electron chi connectivity index (χ0n) is 9.65. The Morgan fingerprint density at radius 3 is 2.82 bits per heavy atom. The topological polar surface area (TPSA) is 81.2 Å². The molecule has 1 aromatic heterocycles. The number of anilines is 2. The van der Waals surface area contributed by atoms with Crippen molar-refractivity contribution in [2.45, 2.75) is 13.8 Å². The highest BCUT2D eigenvalue weighted by Gasteiger charge is 2.12. The number of aryl methyl sites for hydroxylation is 1. The smallest absolute Gasteiger partial charge is 0.277 e. The van der Waals surface area contributed by atoms with Crippen LogP contribution in [0.5, 0.6) is 0 Å². The van der Waals surface area contributed by atoms with Gasteiger partial charge in [0.05, 0.1) is 0 Å². The Kier molecular flexibility index (Phi) is 2.82. The molecular weight excluding hydrogens is 218 g/mol. The number of hydrogen-bond donors (Lipinski definition) is 2. The number of amides is 1. The molecule has 0 spiro atoms. The Labute approximate surface area is 98.6 Å². The van der Waals surface area contributed by atoms with E-state index >= 15 is 0 Å². The van der Waals surface area contributed by atoms with Crippen molar-refractivity contribution in [3.8, 4) is 0 Å². The number of nitrogens with two attached hydrogens (primary N) is 1. The molecule has 5 heteroatoms. The van der Waals surface area contributed by atoms with Crippen molar-refractivity contribution in [2.75, 3.05) is 11.1 Å². The van der Waals surface area contributed by atoms with Gasteiger partial charge in [-0.15, -0.1) is 0 Å². The molecule has 0 saturated carbocycles. The molecule has 1 aromatic carbocycles. The minimum Gasteiger partial charge on any atom is -0.398 e. The van der Waals surface area contributed by atoms with Crippen LogP contribution in [0, 0.1) is 13.8 Å². The summed E-state index contributed by atoms with van der Waals surface area (Å²) in [5.74, 6) is 0.287.